The fraction of sp³-hybridized carbons (Fsp3) is 0.269. The van der Waals surface area contributed by atoms with Crippen LogP contribution in [0.15, 0.2) is 62.6 Å². The lowest BCUT2D eigenvalue weighted by Crippen LogP contribution is -2.29. The lowest BCUT2D eigenvalue weighted by Gasteiger charge is -2.14. The minimum atomic E-state index is -0.592. The van der Waals surface area contributed by atoms with Crippen molar-refractivity contribution in [1.82, 2.24) is 29.3 Å². The van der Waals surface area contributed by atoms with Crippen molar-refractivity contribution in [2.24, 2.45) is 0 Å². The number of nitrogens with zero attached hydrogens (tertiary/aromatic N) is 5. The summed E-state index contributed by atoms with van der Waals surface area (Å²) in [6.45, 7) is 6.42. The number of aromatic amines is 1. The van der Waals surface area contributed by atoms with Gasteiger partial charge in [-0.05, 0) is 37.0 Å². The number of hydrogen-bond donors (Lipinski definition) is 1. The van der Waals surface area contributed by atoms with Gasteiger partial charge in [-0.15, -0.1) is 0 Å². The SMILES string of the molecule is CCCc1c(Cc2ccc(-c3ccccc3-c3noc(=O)[nH]3)cc2)c(=O)n(CC)c2nc(C)nn12. The van der Waals surface area contributed by atoms with Crippen molar-refractivity contribution in [3.8, 4) is 22.5 Å². The predicted octanol–water partition coefficient (Wildman–Crippen LogP) is 3.77. The second kappa shape index (κ2) is 9.17. The normalized spacial score (nSPS) is 11.4. The van der Waals surface area contributed by atoms with Crippen LogP contribution >= 0.6 is 0 Å². The van der Waals surface area contributed by atoms with Gasteiger partial charge in [0.2, 0.25) is 5.78 Å². The maximum absolute atomic E-state index is 13.5. The molecule has 3 aromatic heterocycles. The van der Waals surface area contributed by atoms with Crippen LogP contribution in [-0.2, 0) is 19.4 Å². The van der Waals surface area contributed by atoms with Crippen LogP contribution in [0.3, 0.4) is 0 Å². The summed E-state index contributed by atoms with van der Waals surface area (Å²) in [4.78, 5) is 32.0. The van der Waals surface area contributed by atoms with Gasteiger partial charge in [-0.3, -0.25) is 18.9 Å². The van der Waals surface area contributed by atoms with Crippen LogP contribution in [0.5, 0.6) is 0 Å². The lowest BCUT2D eigenvalue weighted by atomic mass is 9.96. The summed E-state index contributed by atoms with van der Waals surface area (Å²) in [5.41, 5.74) is 5.34. The van der Waals surface area contributed by atoms with E-state index in [2.05, 4.69) is 31.7 Å². The minimum absolute atomic E-state index is 0.0136. The summed E-state index contributed by atoms with van der Waals surface area (Å²) < 4.78 is 8.21. The van der Waals surface area contributed by atoms with Gasteiger partial charge in [-0.1, -0.05) is 67.0 Å². The van der Waals surface area contributed by atoms with E-state index in [1.165, 1.54) is 0 Å². The number of aromatic nitrogens is 6. The fourth-order valence-electron chi connectivity index (χ4n) is 4.51. The first kappa shape index (κ1) is 22.5. The highest BCUT2D eigenvalue weighted by Gasteiger charge is 2.19. The third-order valence-electron chi connectivity index (χ3n) is 6.12. The smallest absolute Gasteiger partial charge is 0.296 e. The van der Waals surface area contributed by atoms with Gasteiger partial charge in [0.05, 0.1) is 5.69 Å². The van der Waals surface area contributed by atoms with Crippen molar-refractivity contribution in [1.29, 1.82) is 0 Å². The predicted molar refractivity (Wildman–Crippen MR) is 132 cm³/mol. The topological polar surface area (TPSA) is 111 Å². The van der Waals surface area contributed by atoms with Crippen molar-refractivity contribution >= 4 is 5.78 Å². The molecule has 0 bridgehead atoms. The Morgan fingerprint density at radius 2 is 1.74 bits per heavy atom. The number of H-pyrrole nitrogens is 1. The molecule has 0 spiro atoms. The Bertz CT molecular complexity index is 1620. The molecule has 35 heavy (non-hydrogen) atoms. The van der Waals surface area contributed by atoms with Crippen molar-refractivity contribution in [3.05, 3.63) is 92.1 Å². The lowest BCUT2D eigenvalue weighted by molar-refractivity contribution is 0.388. The zero-order valence-electron chi connectivity index (χ0n) is 19.9. The summed E-state index contributed by atoms with van der Waals surface area (Å²) in [7, 11) is 0. The molecule has 0 unspecified atom stereocenters. The van der Waals surface area contributed by atoms with E-state index in [9.17, 15) is 9.59 Å². The maximum Gasteiger partial charge on any atom is 0.439 e. The second-order valence-corrected chi connectivity index (χ2v) is 8.46. The summed E-state index contributed by atoms with van der Waals surface area (Å²) in [6.07, 6.45) is 2.15. The van der Waals surface area contributed by atoms with Crippen LogP contribution in [0, 0.1) is 6.92 Å². The molecule has 0 saturated carbocycles. The Morgan fingerprint density at radius 3 is 2.40 bits per heavy atom. The van der Waals surface area contributed by atoms with Crippen LogP contribution in [0.2, 0.25) is 0 Å². The molecule has 5 rings (SSSR count). The van der Waals surface area contributed by atoms with E-state index in [1.54, 1.807) is 4.57 Å². The Kier molecular flexibility index (Phi) is 5.90. The quantitative estimate of drug-likeness (QED) is 0.388. The summed E-state index contributed by atoms with van der Waals surface area (Å²) in [6, 6.07) is 15.8. The number of benzene rings is 2. The zero-order valence-corrected chi connectivity index (χ0v) is 19.9. The number of nitrogens with one attached hydrogen (secondary N) is 1. The van der Waals surface area contributed by atoms with E-state index >= 15 is 0 Å². The van der Waals surface area contributed by atoms with Crippen molar-refractivity contribution in [2.45, 2.75) is 46.6 Å². The first-order valence-corrected chi connectivity index (χ1v) is 11.7. The summed E-state index contributed by atoms with van der Waals surface area (Å²) in [5, 5.41) is 8.42. The molecule has 178 valence electrons. The van der Waals surface area contributed by atoms with Gasteiger partial charge in [0.25, 0.3) is 5.56 Å². The molecule has 0 atom stereocenters. The van der Waals surface area contributed by atoms with E-state index in [0.717, 1.165) is 46.4 Å². The molecule has 0 aliphatic rings. The molecule has 0 saturated heterocycles. The van der Waals surface area contributed by atoms with E-state index in [0.29, 0.717) is 30.4 Å². The monoisotopic (exact) mass is 470 g/mol. The molecular weight excluding hydrogens is 444 g/mol. The van der Waals surface area contributed by atoms with E-state index in [-0.39, 0.29) is 5.56 Å². The van der Waals surface area contributed by atoms with E-state index in [1.807, 2.05) is 66.9 Å². The minimum Gasteiger partial charge on any atom is -0.296 e. The van der Waals surface area contributed by atoms with Gasteiger partial charge in [-0.2, -0.15) is 10.1 Å². The van der Waals surface area contributed by atoms with Gasteiger partial charge < -0.3 is 0 Å². The van der Waals surface area contributed by atoms with Crippen molar-refractivity contribution < 1.29 is 4.52 Å². The highest BCUT2D eigenvalue weighted by molar-refractivity contribution is 5.80. The standard InChI is InChI=1S/C26H26N6O3/c1-4-8-22-21(24(33)31(5-2)25-27-16(3)29-32(22)25)15-17-11-13-18(14-12-17)19-9-6-7-10-20(19)23-28-26(34)35-30-23/h6-7,9-14H,4-5,8,15H2,1-3H3,(H,28,30,34). The molecule has 0 fully saturated rings. The van der Waals surface area contributed by atoms with E-state index < -0.39 is 5.76 Å². The molecule has 3 heterocycles. The largest absolute Gasteiger partial charge is 0.439 e. The summed E-state index contributed by atoms with van der Waals surface area (Å²) >= 11 is 0. The second-order valence-electron chi connectivity index (χ2n) is 8.46. The van der Waals surface area contributed by atoms with Gasteiger partial charge in [0.1, 0.15) is 5.82 Å². The van der Waals surface area contributed by atoms with Gasteiger partial charge >= 0.3 is 5.76 Å². The van der Waals surface area contributed by atoms with Crippen LogP contribution in [0.1, 0.15) is 42.9 Å². The Balaban J connectivity index is 1.55. The highest BCUT2D eigenvalue weighted by atomic mass is 16.5. The van der Waals surface area contributed by atoms with Gasteiger partial charge in [0, 0.05) is 24.1 Å². The fourth-order valence-corrected chi connectivity index (χ4v) is 4.51. The Hall–Kier alpha value is -4.27. The molecule has 0 aliphatic carbocycles. The molecule has 0 amide bonds. The van der Waals surface area contributed by atoms with E-state index in [4.69, 9.17) is 0 Å². The molecule has 5 aromatic rings. The summed E-state index contributed by atoms with van der Waals surface area (Å²) in [5.74, 6) is 1.04. The average Bonchev–Trinajstić information content (AvgIpc) is 3.47. The first-order chi connectivity index (χ1) is 17.0. The number of fused-ring (bicyclic) bond motifs is 1. The molecule has 9 heteroatoms. The average molecular weight is 471 g/mol. The Morgan fingerprint density at radius 1 is 1.00 bits per heavy atom. The molecule has 0 radical (unpaired) electrons. The van der Waals surface area contributed by atoms with Crippen LogP contribution in [0.25, 0.3) is 28.3 Å². The molecular formula is C26H26N6O3. The molecule has 1 N–H and O–H groups in total. The van der Waals surface area contributed by atoms with Crippen molar-refractivity contribution in [2.75, 3.05) is 0 Å². The third-order valence-corrected chi connectivity index (χ3v) is 6.12. The molecule has 9 nitrogen and oxygen atoms in total. The number of rotatable bonds is 7. The highest BCUT2D eigenvalue weighted by Crippen LogP contribution is 2.30. The van der Waals surface area contributed by atoms with Gasteiger partial charge in [-0.25, -0.2) is 9.31 Å². The van der Waals surface area contributed by atoms with Crippen LogP contribution in [0.4, 0.5) is 0 Å². The number of aryl methyl sites for hydroxylation is 3. The van der Waals surface area contributed by atoms with Crippen LogP contribution < -0.4 is 11.3 Å². The molecule has 0 aliphatic heterocycles. The van der Waals surface area contributed by atoms with Gasteiger partial charge in [0.15, 0.2) is 5.82 Å². The first-order valence-electron chi connectivity index (χ1n) is 11.7. The molecule has 2 aromatic carbocycles. The zero-order chi connectivity index (χ0) is 24.5. The van der Waals surface area contributed by atoms with Crippen LogP contribution in [-0.4, -0.2) is 29.3 Å². The van der Waals surface area contributed by atoms with Crippen molar-refractivity contribution in [3.63, 3.8) is 0 Å². The third kappa shape index (κ3) is 4.09. The number of hydrogen-bond acceptors (Lipinski definition) is 6. The Labute approximate surface area is 201 Å². The maximum atomic E-state index is 13.5.